The molecule has 1 atom stereocenters. The number of nitrogen functional groups attached to an aromatic ring is 1. The molecule has 0 saturated carbocycles. The Balaban J connectivity index is 2.88. The van der Waals surface area contributed by atoms with E-state index in [1.165, 1.54) is 6.07 Å². The van der Waals surface area contributed by atoms with E-state index in [4.69, 9.17) is 20.7 Å². The SMILES string of the molecule is CC(CO)COc1c(N)cccc1C(=O)O. The molecule has 1 aromatic carbocycles. The van der Waals surface area contributed by atoms with Gasteiger partial charge in [0.15, 0.2) is 5.75 Å². The second kappa shape index (κ2) is 5.37. The van der Waals surface area contributed by atoms with Crippen LogP contribution < -0.4 is 10.5 Å². The maximum Gasteiger partial charge on any atom is 0.339 e. The van der Waals surface area contributed by atoms with E-state index in [0.717, 1.165) is 0 Å². The van der Waals surface area contributed by atoms with E-state index in [-0.39, 0.29) is 36.1 Å². The van der Waals surface area contributed by atoms with Crippen LogP contribution in [0, 0.1) is 5.92 Å². The van der Waals surface area contributed by atoms with Crippen LogP contribution in [0.1, 0.15) is 17.3 Å². The van der Waals surface area contributed by atoms with Crippen LogP contribution in [0.15, 0.2) is 18.2 Å². The highest BCUT2D eigenvalue weighted by Crippen LogP contribution is 2.26. The molecule has 1 aromatic rings. The number of aliphatic hydroxyl groups excluding tert-OH is 1. The molecule has 0 saturated heterocycles. The summed E-state index contributed by atoms with van der Waals surface area (Å²) in [5, 5.41) is 17.8. The molecule has 16 heavy (non-hydrogen) atoms. The van der Waals surface area contributed by atoms with Gasteiger partial charge >= 0.3 is 5.97 Å². The molecule has 0 aliphatic carbocycles. The van der Waals surface area contributed by atoms with Crippen LogP contribution in [0.2, 0.25) is 0 Å². The van der Waals surface area contributed by atoms with E-state index < -0.39 is 5.97 Å². The molecule has 1 rings (SSSR count). The fraction of sp³-hybridized carbons (Fsp3) is 0.364. The lowest BCUT2D eigenvalue weighted by molar-refractivity contribution is 0.0691. The van der Waals surface area contributed by atoms with Crippen molar-refractivity contribution in [2.24, 2.45) is 5.92 Å². The first-order valence-corrected chi connectivity index (χ1v) is 4.91. The number of hydrogen-bond acceptors (Lipinski definition) is 4. The van der Waals surface area contributed by atoms with Gasteiger partial charge in [0, 0.05) is 12.5 Å². The molecule has 5 nitrogen and oxygen atoms in total. The third-order valence-electron chi connectivity index (χ3n) is 2.10. The van der Waals surface area contributed by atoms with Crippen LogP contribution in [0.3, 0.4) is 0 Å². The van der Waals surface area contributed by atoms with Gasteiger partial charge in [-0.25, -0.2) is 4.79 Å². The minimum atomic E-state index is -1.08. The van der Waals surface area contributed by atoms with Crippen molar-refractivity contribution in [3.63, 3.8) is 0 Å². The van der Waals surface area contributed by atoms with Crippen LogP contribution in [0.5, 0.6) is 5.75 Å². The van der Waals surface area contributed by atoms with Crippen LogP contribution in [0.25, 0.3) is 0 Å². The van der Waals surface area contributed by atoms with Crippen molar-refractivity contribution in [1.82, 2.24) is 0 Å². The van der Waals surface area contributed by atoms with Gasteiger partial charge in [-0.15, -0.1) is 0 Å². The summed E-state index contributed by atoms with van der Waals surface area (Å²) in [5.41, 5.74) is 5.95. The summed E-state index contributed by atoms with van der Waals surface area (Å²) in [5.74, 6) is -0.990. The van der Waals surface area contributed by atoms with Gasteiger partial charge < -0.3 is 20.7 Å². The summed E-state index contributed by atoms with van der Waals surface area (Å²) in [6, 6.07) is 4.56. The maximum atomic E-state index is 10.9. The number of aromatic carboxylic acids is 1. The third kappa shape index (κ3) is 2.87. The number of nitrogens with two attached hydrogens (primary N) is 1. The monoisotopic (exact) mass is 225 g/mol. The molecule has 0 radical (unpaired) electrons. The number of hydrogen-bond donors (Lipinski definition) is 3. The number of benzene rings is 1. The zero-order chi connectivity index (χ0) is 12.1. The van der Waals surface area contributed by atoms with Crippen molar-refractivity contribution in [3.8, 4) is 5.75 Å². The summed E-state index contributed by atoms with van der Waals surface area (Å²) < 4.78 is 5.32. The summed E-state index contributed by atoms with van der Waals surface area (Å²) in [4.78, 5) is 10.9. The molecule has 0 amide bonds. The third-order valence-corrected chi connectivity index (χ3v) is 2.10. The van der Waals surface area contributed by atoms with Gasteiger partial charge in [0.1, 0.15) is 5.56 Å². The van der Waals surface area contributed by atoms with Gasteiger partial charge in [0.2, 0.25) is 0 Å². The molecule has 5 heteroatoms. The Hall–Kier alpha value is -1.75. The molecular formula is C11H15NO4. The molecule has 0 heterocycles. The van der Waals surface area contributed by atoms with Gasteiger partial charge in [0.25, 0.3) is 0 Å². The van der Waals surface area contributed by atoms with Crippen molar-refractivity contribution in [3.05, 3.63) is 23.8 Å². The summed E-state index contributed by atoms with van der Waals surface area (Å²) in [6.45, 7) is 2.00. The van der Waals surface area contributed by atoms with Crippen LogP contribution in [0.4, 0.5) is 5.69 Å². The first-order valence-electron chi connectivity index (χ1n) is 4.91. The summed E-state index contributed by atoms with van der Waals surface area (Å²) in [7, 11) is 0. The van der Waals surface area contributed by atoms with Crippen LogP contribution in [-0.2, 0) is 0 Å². The van der Waals surface area contributed by atoms with E-state index >= 15 is 0 Å². The van der Waals surface area contributed by atoms with Crippen LogP contribution >= 0.6 is 0 Å². The van der Waals surface area contributed by atoms with Crippen molar-refractivity contribution in [1.29, 1.82) is 0 Å². The van der Waals surface area contributed by atoms with E-state index in [2.05, 4.69) is 0 Å². The predicted octanol–water partition coefficient (Wildman–Crippen LogP) is 0.974. The topological polar surface area (TPSA) is 92.8 Å². The molecule has 0 aliphatic heterocycles. The van der Waals surface area contributed by atoms with Gasteiger partial charge in [-0.2, -0.15) is 0 Å². The maximum absolute atomic E-state index is 10.9. The van der Waals surface area contributed by atoms with E-state index in [1.54, 1.807) is 19.1 Å². The number of rotatable bonds is 5. The Kier molecular flexibility index (Phi) is 4.13. The second-order valence-corrected chi connectivity index (χ2v) is 3.63. The second-order valence-electron chi connectivity index (χ2n) is 3.63. The highest BCUT2D eigenvalue weighted by Gasteiger charge is 2.14. The number of para-hydroxylation sites is 1. The molecule has 88 valence electrons. The molecule has 4 N–H and O–H groups in total. The average Bonchev–Trinajstić information content (AvgIpc) is 2.26. The highest BCUT2D eigenvalue weighted by molar-refractivity contribution is 5.93. The summed E-state index contributed by atoms with van der Waals surface area (Å²) >= 11 is 0. The first kappa shape index (κ1) is 12.3. The molecule has 0 fully saturated rings. The predicted molar refractivity (Wildman–Crippen MR) is 59.6 cm³/mol. The average molecular weight is 225 g/mol. The number of carbonyl (C=O) groups is 1. The van der Waals surface area contributed by atoms with E-state index in [0.29, 0.717) is 0 Å². The zero-order valence-electron chi connectivity index (χ0n) is 9.01. The lowest BCUT2D eigenvalue weighted by Crippen LogP contribution is -2.14. The molecular weight excluding hydrogens is 210 g/mol. The molecule has 1 unspecified atom stereocenters. The molecule has 0 aromatic heterocycles. The minimum absolute atomic E-state index is 0.0187. The van der Waals surface area contributed by atoms with Gasteiger partial charge in [-0.1, -0.05) is 13.0 Å². The Morgan fingerprint density at radius 3 is 2.81 bits per heavy atom. The number of anilines is 1. The fourth-order valence-electron chi connectivity index (χ4n) is 1.16. The van der Waals surface area contributed by atoms with Crippen molar-refractivity contribution >= 4 is 11.7 Å². The largest absolute Gasteiger partial charge is 0.490 e. The number of aliphatic hydroxyl groups is 1. The van der Waals surface area contributed by atoms with Gasteiger partial charge in [-0.3, -0.25) is 0 Å². The minimum Gasteiger partial charge on any atom is -0.490 e. The quantitative estimate of drug-likeness (QED) is 0.649. The smallest absolute Gasteiger partial charge is 0.339 e. The van der Waals surface area contributed by atoms with E-state index in [9.17, 15) is 4.79 Å². The lowest BCUT2D eigenvalue weighted by Gasteiger charge is -2.14. The Morgan fingerprint density at radius 2 is 2.25 bits per heavy atom. The van der Waals surface area contributed by atoms with Crippen LogP contribution in [-0.4, -0.2) is 29.4 Å². The van der Waals surface area contributed by atoms with Crippen molar-refractivity contribution in [2.75, 3.05) is 18.9 Å². The first-order chi connectivity index (χ1) is 7.56. The van der Waals surface area contributed by atoms with Crippen molar-refractivity contribution in [2.45, 2.75) is 6.92 Å². The summed E-state index contributed by atoms with van der Waals surface area (Å²) in [6.07, 6.45) is 0. The van der Waals surface area contributed by atoms with Gasteiger partial charge in [-0.05, 0) is 12.1 Å². The normalized spacial score (nSPS) is 12.1. The molecule has 0 bridgehead atoms. The van der Waals surface area contributed by atoms with Crippen molar-refractivity contribution < 1.29 is 19.7 Å². The highest BCUT2D eigenvalue weighted by atomic mass is 16.5. The standard InChI is InChI=1S/C11H15NO4/c1-7(5-13)6-16-10-8(11(14)15)3-2-4-9(10)12/h2-4,7,13H,5-6,12H2,1H3,(H,14,15). The molecule has 0 spiro atoms. The van der Waals surface area contributed by atoms with Gasteiger partial charge in [0.05, 0.1) is 12.3 Å². The number of ether oxygens (including phenoxy) is 1. The Labute approximate surface area is 93.5 Å². The Bertz CT molecular complexity index is 378. The zero-order valence-corrected chi connectivity index (χ0v) is 9.01. The van der Waals surface area contributed by atoms with E-state index in [1.807, 2.05) is 0 Å². The lowest BCUT2D eigenvalue weighted by atomic mass is 10.1. The Morgan fingerprint density at radius 1 is 1.56 bits per heavy atom. The fourth-order valence-corrected chi connectivity index (χ4v) is 1.16. The molecule has 0 aliphatic rings. The number of carboxylic acids is 1. The number of carboxylic acid groups (broad SMARTS) is 1.